The van der Waals surface area contributed by atoms with Gasteiger partial charge in [-0.3, -0.25) is 0 Å². The number of thiophene rings is 1. The number of fused-ring (bicyclic) bond motifs is 7. The van der Waals surface area contributed by atoms with Gasteiger partial charge in [-0.15, -0.1) is 11.3 Å². The van der Waals surface area contributed by atoms with E-state index < -0.39 is 0 Å². The van der Waals surface area contributed by atoms with E-state index in [1.165, 1.54) is 63.6 Å². The molecule has 0 unspecified atom stereocenters. The van der Waals surface area contributed by atoms with E-state index in [1.54, 1.807) is 11.8 Å². The number of nitrogens with zero attached hydrogens (tertiary/aromatic N) is 1. The van der Waals surface area contributed by atoms with Gasteiger partial charge in [0.15, 0.2) is 0 Å². The van der Waals surface area contributed by atoms with Gasteiger partial charge in [-0.25, -0.2) is 0 Å². The molecule has 0 N–H and O–H groups in total. The highest BCUT2D eigenvalue weighted by molar-refractivity contribution is 8.00. The summed E-state index contributed by atoms with van der Waals surface area (Å²) in [5, 5.41) is 2.60. The summed E-state index contributed by atoms with van der Waals surface area (Å²) in [4.78, 5) is 7.42. The lowest BCUT2D eigenvalue weighted by molar-refractivity contribution is 0.455. The summed E-state index contributed by atoms with van der Waals surface area (Å²) in [5.74, 6) is 1.82. The maximum absolute atomic E-state index is 6.35. The molecular formula is C45H31NOS3. The maximum Gasteiger partial charge on any atom is 0.142 e. The van der Waals surface area contributed by atoms with Crippen LogP contribution in [0, 0.1) is 0 Å². The van der Waals surface area contributed by atoms with Gasteiger partial charge in [0.05, 0.1) is 25.9 Å². The van der Waals surface area contributed by atoms with Crippen LogP contribution in [0.3, 0.4) is 0 Å². The molecule has 10 rings (SSSR count). The van der Waals surface area contributed by atoms with Crippen molar-refractivity contribution >= 4 is 72.1 Å². The number of rotatable bonds is 4. The molecule has 2 aliphatic rings. The summed E-state index contributed by atoms with van der Waals surface area (Å²) in [7, 11) is 0. The predicted octanol–water partition coefficient (Wildman–Crippen LogP) is 14.2. The Morgan fingerprint density at radius 3 is 2.08 bits per heavy atom. The van der Waals surface area contributed by atoms with Crippen molar-refractivity contribution in [3.05, 3.63) is 163 Å². The van der Waals surface area contributed by atoms with Crippen molar-refractivity contribution in [1.29, 1.82) is 0 Å². The zero-order valence-electron chi connectivity index (χ0n) is 27.5. The molecule has 0 spiro atoms. The van der Waals surface area contributed by atoms with Crippen molar-refractivity contribution in [2.45, 2.75) is 38.8 Å². The minimum Gasteiger partial charge on any atom is -0.455 e. The van der Waals surface area contributed by atoms with Crippen LogP contribution in [-0.4, -0.2) is 0 Å². The molecule has 2 aliphatic heterocycles. The third-order valence-corrected chi connectivity index (χ3v) is 13.6. The largest absolute Gasteiger partial charge is 0.455 e. The molecule has 1 aromatic heterocycles. The van der Waals surface area contributed by atoms with Crippen LogP contribution >= 0.6 is 34.9 Å². The third-order valence-electron chi connectivity index (χ3n) is 10.0. The van der Waals surface area contributed by atoms with E-state index in [1.807, 2.05) is 35.2 Å². The predicted molar refractivity (Wildman–Crippen MR) is 213 cm³/mol. The lowest BCUT2D eigenvalue weighted by Crippen LogP contribution is -2.25. The summed E-state index contributed by atoms with van der Waals surface area (Å²) in [6.07, 6.45) is 0. The molecule has 0 atom stereocenters. The highest BCUT2D eigenvalue weighted by Gasteiger charge is 2.35. The molecule has 7 aromatic carbocycles. The molecule has 0 amide bonds. The quantitative estimate of drug-likeness (QED) is 0.181. The van der Waals surface area contributed by atoms with E-state index in [0.717, 1.165) is 27.0 Å². The molecule has 0 fully saturated rings. The molecule has 3 heterocycles. The van der Waals surface area contributed by atoms with Gasteiger partial charge in [-0.1, -0.05) is 134 Å². The maximum atomic E-state index is 6.35. The topological polar surface area (TPSA) is 12.5 Å². The first-order valence-electron chi connectivity index (χ1n) is 16.8. The Balaban J connectivity index is 1.15. The van der Waals surface area contributed by atoms with Gasteiger partial charge in [-0.05, 0) is 76.9 Å². The molecule has 5 heteroatoms. The van der Waals surface area contributed by atoms with Crippen molar-refractivity contribution in [2.75, 3.05) is 4.90 Å². The number of para-hydroxylation sites is 1. The Labute approximate surface area is 304 Å². The second-order valence-corrected chi connectivity index (χ2v) is 16.5. The molecule has 0 radical (unpaired) electrons. The normalized spacial score (nSPS) is 14.0. The van der Waals surface area contributed by atoms with E-state index in [9.17, 15) is 0 Å². The average Bonchev–Trinajstić information content (AvgIpc) is 3.54. The van der Waals surface area contributed by atoms with Crippen LogP contribution in [0.1, 0.15) is 25.0 Å². The Hall–Kier alpha value is -4.94. The summed E-state index contributed by atoms with van der Waals surface area (Å²) < 4.78 is 8.94. The number of benzene rings is 7. The second kappa shape index (κ2) is 11.6. The molecule has 0 saturated carbocycles. The van der Waals surface area contributed by atoms with Crippen LogP contribution in [-0.2, 0) is 5.41 Å². The standard InChI is InChI=1S/C45H31NOS3/c1-45(2)33-15-4-7-22-40(33)49-44-34(45)16-11-18-36(44)46(35-17-9-14-32-31-12-3-6-21-39(31)48-42(32)35)29-26-24-28(25-27-29)30-13-10-20-38-43(30)50-41-23-8-5-19-37(41)47-38/h3-27H,1-2H3. The first-order chi connectivity index (χ1) is 24.5. The van der Waals surface area contributed by atoms with Crippen LogP contribution in [0.5, 0.6) is 11.5 Å². The number of ether oxygens (including phenoxy) is 1. The second-order valence-electron chi connectivity index (χ2n) is 13.3. The number of hydrogen-bond acceptors (Lipinski definition) is 5. The van der Waals surface area contributed by atoms with Crippen molar-refractivity contribution in [1.82, 2.24) is 0 Å². The van der Waals surface area contributed by atoms with Crippen LogP contribution in [0.2, 0.25) is 0 Å². The third kappa shape index (κ3) is 4.64. The lowest BCUT2D eigenvalue weighted by atomic mass is 9.77. The SMILES string of the molecule is CC1(C)c2ccccc2Sc2c(N(c3ccc(-c4cccc5c4Sc4ccccc4O5)cc3)c3cccc4c3sc3ccccc34)cccc21. The molecule has 0 aliphatic carbocycles. The fraction of sp³-hybridized carbons (Fsp3) is 0.0667. The zero-order valence-corrected chi connectivity index (χ0v) is 30.0. The van der Waals surface area contributed by atoms with Gasteiger partial charge in [0.2, 0.25) is 0 Å². The Morgan fingerprint density at radius 1 is 0.520 bits per heavy atom. The van der Waals surface area contributed by atoms with Crippen LogP contribution in [0.15, 0.2) is 171 Å². The highest BCUT2D eigenvalue weighted by Crippen LogP contribution is 2.56. The minimum absolute atomic E-state index is 0.128. The van der Waals surface area contributed by atoms with E-state index in [4.69, 9.17) is 4.74 Å². The van der Waals surface area contributed by atoms with Crippen molar-refractivity contribution in [2.24, 2.45) is 0 Å². The number of hydrogen-bond donors (Lipinski definition) is 0. The van der Waals surface area contributed by atoms with Gasteiger partial charge < -0.3 is 9.64 Å². The van der Waals surface area contributed by atoms with E-state index in [-0.39, 0.29) is 5.41 Å². The Kier molecular flexibility index (Phi) is 6.92. The highest BCUT2D eigenvalue weighted by atomic mass is 32.2. The molecule has 0 saturated heterocycles. The fourth-order valence-corrected chi connectivity index (χ4v) is 11.3. The average molecular weight is 698 g/mol. The molecule has 8 aromatic rings. The Bertz CT molecular complexity index is 2620. The van der Waals surface area contributed by atoms with Gasteiger partial charge >= 0.3 is 0 Å². The van der Waals surface area contributed by atoms with Crippen LogP contribution in [0.25, 0.3) is 31.3 Å². The molecule has 240 valence electrons. The molecule has 2 nitrogen and oxygen atoms in total. The number of anilines is 3. The van der Waals surface area contributed by atoms with Gasteiger partial charge in [-0.2, -0.15) is 0 Å². The monoisotopic (exact) mass is 697 g/mol. The van der Waals surface area contributed by atoms with E-state index in [0.29, 0.717) is 0 Å². The van der Waals surface area contributed by atoms with E-state index in [2.05, 4.69) is 158 Å². The first kappa shape index (κ1) is 29.9. The fourth-order valence-electron chi connectivity index (χ4n) is 7.51. The first-order valence-corrected chi connectivity index (χ1v) is 19.3. The van der Waals surface area contributed by atoms with Gasteiger partial charge in [0, 0.05) is 36.4 Å². The molecular weight excluding hydrogens is 667 g/mol. The smallest absolute Gasteiger partial charge is 0.142 e. The summed E-state index contributed by atoms with van der Waals surface area (Å²) in [6.45, 7) is 4.72. The minimum atomic E-state index is -0.128. The van der Waals surface area contributed by atoms with Crippen molar-refractivity contribution in [3.63, 3.8) is 0 Å². The van der Waals surface area contributed by atoms with Gasteiger partial charge in [0.25, 0.3) is 0 Å². The summed E-state index contributed by atoms with van der Waals surface area (Å²) in [5.41, 5.74) is 8.48. The van der Waals surface area contributed by atoms with Crippen molar-refractivity contribution < 1.29 is 4.74 Å². The summed E-state index contributed by atoms with van der Waals surface area (Å²) >= 11 is 5.56. The van der Waals surface area contributed by atoms with Crippen LogP contribution in [0.4, 0.5) is 17.1 Å². The molecule has 0 bridgehead atoms. The Morgan fingerprint density at radius 2 is 1.18 bits per heavy atom. The van der Waals surface area contributed by atoms with E-state index >= 15 is 0 Å². The molecule has 50 heavy (non-hydrogen) atoms. The van der Waals surface area contributed by atoms with Crippen LogP contribution < -0.4 is 9.64 Å². The zero-order chi connectivity index (χ0) is 33.4. The summed E-state index contributed by atoms with van der Waals surface area (Å²) in [6, 6.07) is 55.0. The lowest BCUT2D eigenvalue weighted by Gasteiger charge is -2.37. The van der Waals surface area contributed by atoms with Gasteiger partial charge in [0.1, 0.15) is 11.5 Å². The van der Waals surface area contributed by atoms with Crippen molar-refractivity contribution in [3.8, 4) is 22.6 Å².